The van der Waals surface area contributed by atoms with Crippen LogP contribution < -0.4 is 0 Å². The van der Waals surface area contributed by atoms with Gasteiger partial charge in [-0.05, 0) is 37.2 Å². The topological polar surface area (TPSA) is 34.0 Å². The van der Waals surface area contributed by atoms with Gasteiger partial charge in [-0.25, -0.2) is 4.98 Å². The molecule has 4 rings (SSSR count). The molecule has 0 aliphatic carbocycles. The number of aryl methyl sites for hydroxylation is 1. The molecule has 0 amide bonds. The Balaban J connectivity index is 1.53. The van der Waals surface area contributed by atoms with Crippen molar-refractivity contribution in [3.63, 3.8) is 0 Å². The Bertz CT molecular complexity index is 778. The lowest BCUT2D eigenvalue weighted by Gasteiger charge is -2.15. The van der Waals surface area contributed by atoms with Crippen LogP contribution in [0, 0.1) is 0 Å². The smallest absolute Gasteiger partial charge is 0.114 e. The van der Waals surface area contributed by atoms with Crippen molar-refractivity contribution in [1.29, 1.82) is 0 Å². The molecule has 0 radical (unpaired) electrons. The number of para-hydroxylation sites is 2. The molecule has 0 unspecified atom stereocenters. The second-order valence-electron chi connectivity index (χ2n) is 6.06. The molecule has 2 aromatic heterocycles. The van der Waals surface area contributed by atoms with E-state index in [2.05, 4.69) is 57.9 Å². The minimum Gasteiger partial charge on any atom is -0.331 e. The van der Waals surface area contributed by atoms with Gasteiger partial charge in [-0.3, -0.25) is 9.88 Å². The van der Waals surface area contributed by atoms with Crippen LogP contribution in [0.3, 0.4) is 0 Å². The third-order valence-electron chi connectivity index (χ3n) is 4.57. The van der Waals surface area contributed by atoms with Crippen LogP contribution in [0.5, 0.6) is 0 Å². The van der Waals surface area contributed by atoms with Crippen molar-refractivity contribution in [1.82, 2.24) is 19.4 Å². The van der Waals surface area contributed by atoms with Crippen molar-refractivity contribution < 1.29 is 0 Å². The Kier molecular flexibility index (Phi) is 3.39. The summed E-state index contributed by atoms with van der Waals surface area (Å²) in [5.41, 5.74) is 3.47. The maximum absolute atomic E-state index is 4.86. The van der Waals surface area contributed by atoms with Gasteiger partial charge in [0.15, 0.2) is 0 Å². The largest absolute Gasteiger partial charge is 0.331 e. The molecule has 1 atom stereocenters. The average Bonchev–Trinajstić information content (AvgIpc) is 3.14. The Morgan fingerprint density at radius 3 is 2.82 bits per heavy atom. The van der Waals surface area contributed by atoms with Crippen LogP contribution in [-0.4, -0.2) is 32.5 Å². The second kappa shape index (κ2) is 5.54. The lowest BCUT2D eigenvalue weighted by atomic mass is 10.1. The van der Waals surface area contributed by atoms with Crippen molar-refractivity contribution in [2.45, 2.75) is 18.9 Å². The van der Waals surface area contributed by atoms with E-state index in [9.17, 15) is 0 Å². The van der Waals surface area contributed by atoms with E-state index in [0.29, 0.717) is 5.92 Å². The van der Waals surface area contributed by atoms with E-state index in [1.165, 1.54) is 17.8 Å². The van der Waals surface area contributed by atoms with Crippen molar-refractivity contribution in [2.24, 2.45) is 7.05 Å². The minimum atomic E-state index is 0.515. The van der Waals surface area contributed by atoms with Gasteiger partial charge in [0.2, 0.25) is 0 Å². The molecule has 3 heterocycles. The van der Waals surface area contributed by atoms with Crippen LogP contribution in [0.4, 0.5) is 0 Å². The van der Waals surface area contributed by atoms with Gasteiger partial charge in [0, 0.05) is 32.3 Å². The number of hydrogen-bond donors (Lipinski definition) is 0. The fourth-order valence-electron chi connectivity index (χ4n) is 3.44. The second-order valence-corrected chi connectivity index (χ2v) is 6.06. The van der Waals surface area contributed by atoms with Crippen molar-refractivity contribution in [3.8, 4) is 0 Å². The number of rotatable bonds is 3. The fourth-order valence-corrected chi connectivity index (χ4v) is 3.44. The van der Waals surface area contributed by atoms with E-state index >= 15 is 0 Å². The summed E-state index contributed by atoms with van der Waals surface area (Å²) in [4.78, 5) is 11.8. The number of imidazole rings is 1. The molecule has 4 heteroatoms. The molecule has 1 aliphatic rings. The number of hydrogen-bond acceptors (Lipinski definition) is 3. The zero-order valence-electron chi connectivity index (χ0n) is 12.8. The Labute approximate surface area is 130 Å². The molecule has 1 saturated heterocycles. The highest BCUT2D eigenvalue weighted by Crippen LogP contribution is 2.29. The van der Waals surface area contributed by atoms with E-state index in [4.69, 9.17) is 4.98 Å². The SMILES string of the molecule is Cn1c([C@H]2CCN(Cc3ccccn3)C2)nc2ccccc21. The molecule has 1 aromatic carbocycles. The molecule has 4 nitrogen and oxygen atoms in total. The summed E-state index contributed by atoms with van der Waals surface area (Å²) in [5.74, 6) is 1.73. The number of aromatic nitrogens is 3. The molecule has 0 N–H and O–H groups in total. The molecule has 0 bridgehead atoms. The zero-order valence-corrected chi connectivity index (χ0v) is 12.8. The van der Waals surface area contributed by atoms with Gasteiger partial charge in [-0.2, -0.15) is 0 Å². The molecule has 1 aliphatic heterocycles. The van der Waals surface area contributed by atoms with E-state index < -0.39 is 0 Å². The fraction of sp³-hybridized carbons (Fsp3) is 0.333. The van der Waals surface area contributed by atoms with Crippen molar-refractivity contribution in [3.05, 3.63) is 60.2 Å². The van der Waals surface area contributed by atoms with E-state index in [1.54, 1.807) is 0 Å². The quantitative estimate of drug-likeness (QED) is 0.744. The van der Waals surface area contributed by atoms with Crippen molar-refractivity contribution in [2.75, 3.05) is 13.1 Å². The molecule has 0 saturated carbocycles. The number of pyridine rings is 1. The highest BCUT2D eigenvalue weighted by atomic mass is 15.2. The first-order chi connectivity index (χ1) is 10.8. The Hall–Kier alpha value is -2.20. The standard InChI is InChI=1S/C18H20N4/c1-21-17-8-3-2-7-16(17)20-18(21)14-9-11-22(12-14)13-15-6-4-5-10-19-15/h2-8,10,14H,9,11-13H2,1H3/t14-/m0/s1. The summed E-state index contributed by atoms with van der Waals surface area (Å²) in [6.45, 7) is 3.11. The maximum Gasteiger partial charge on any atom is 0.114 e. The summed E-state index contributed by atoms with van der Waals surface area (Å²) in [6.07, 6.45) is 3.04. The predicted octanol–water partition coefficient (Wildman–Crippen LogP) is 2.96. The van der Waals surface area contributed by atoms with Gasteiger partial charge >= 0.3 is 0 Å². The van der Waals surface area contributed by atoms with Crippen LogP contribution in [0.2, 0.25) is 0 Å². The van der Waals surface area contributed by atoms with E-state index in [0.717, 1.165) is 30.8 Å². The van der Waals surface area contributed by atoms with Crippen LogP contribution in [0.25, 0.3) is 11.0 Å². The van der Waals surface area contributed by atoms with Crippen LogP contribution in [-0.2, 0) is 13.6 Å². The summed E-state index contributed by atoms with van der Waals surface area (Å²) < 4.78 is 2.25. The monoisotopic (exact) mass is 292 g/mol. The summed E-state index contributed by atoms with van der Waals surface area (Å²) in [7, 11) is 2.13. The molecule has 22 heavy (non-hydrogen) atoms. The average molecular weight is 292 g/mol. The highest BCUT2D eigenvalue weighted by Gasteiger charge is 2.27. The molecular formula is C18H20N4. The first-order valence-electron chi connectivity index (χ1n) is 7.85. The van der Waals surface area contributed by atoms with E-state index in [1.807, 2.05) is 12.3 Å². The summed E-state index contributed by atoms with van der Waals surface area (Å²) in [5, 5.41) is 0. The molecule has 112 valence electrons. The van der Waals surface area contributed by atoms with Gasteiger partial charge < -0.3 is 4.57 Å². The maximum atomic E-state index is 4.86. The van der Waals surface area contributed by atoms with Crippen molar-refractivity contribution >= 4 is 11.0 Å². The Morgan fingerprint density at radius 2 is 2.00 bits per heavy atom. The van der Waals surface area contributed by atoms with Crippen LogP contribution >= 0.6 is 0 Å². The third kappa shape index (κ3) is 2.40. The summed E-state index contributed by atoms with van der Waals surface area (Å²) >= 11 is 0. The predicted molar refractivity (Wildman–Crippen MR) is 87.6 cm³/mol. The van der Waals surface area contributed by atoms with Gasteiger partial charge in [0.1, 0.15) is 5.82 Å². The Morgan fingerprint density at radius 1 is 1.14 bits per heavy atom. The first kappa shape index (κ1) is 13.5. The normalized spacial score (nSPS) is 19.0. The summed E-state index contributed by atoms with van der Waals surface area (Å²) in [6, 6.07) is 14.5. The van der Waals surface area contributed by atoms with E-state index in [-0.39, 0.29) is 0 Å². The lowest BCUT2D eigenvalue weighted by Crippen LogP contribution is -2.21. The van der Waals surface area contributed by atoms with Crippen LogP contribution in [0.15, 0.2) is 48.7 Å². The number of fused-ring (bicyclic) bond motifs is 1. The molecule has 1 fully saturated rings. The molecule has 0 spiro atoms. The number of nitrogens with zero attached hydrogens (tertiary/aromatic N) is 4. The van der Waals surface area contributed by atoms with Gasteiger partial charge in [0.25, 0.3) is 0 Å². The number of benzene rings is 1. The van der Waals surface area contributed by atoms with Gasteiger partial charge in [0.05, 0.1) is 16.7 Å². The minimum absolute atomic E-state index is 0.515. The third-order valence-corrected chi connectivity index (χ3v) is 4.57. The zero-order chi connectivity index (χ0) is 14.9. The molecular weight excluding hydrogens is 272 g/mol. The highest BCUT2D eigenvalue weighted by molar-refractivity contribution is 5.75. The number of likely N-dealkylation sites (tertiary alicyclic amines) is 1. The van der Waals surface area contributed by atoms with Gasteiger partial charge in [-0.1, -0.05) is 18.2 Å². The molecule has 3 aromatic rings. The lowest BCUT2D eigenvalue weighted by molar-refractivity contribution is 0.321. The van der Waals surface area contributed by atoms with Gasteiger partial charge in [-0.15, -0.1) is 0 Å². The first-order valence-corrected chi connectivity index (χ1v) is 7.85. The van der Waals surface area contributed by atoms with Crippen LogP contribution in [0.1, 0.15) is 23.9 Å².